The average molecular weight is 593 g/mol. The fourth-order valence-electron chi connectivity index (χ4n) is 5.73. The summed E-state index contributed by atoms with van der Waals surface area (Å²) in [5.41, 5.74) is 5.07. The van der Waals surface area contributed by atoms with E-state index in [0.29, 0.717) is 41.6 Å². The van der Waals surface area contributed by atoms with E-state index >= 15 is 0 Å². The van der Waals surface area contributed by atoms with Crippen molar-refractivity contribution in [2.75, 3.05) is 31.6 Å². The number of nitrogens with one attached hydrogen (secondary N) is 3. The number of ether oxygens (including phenoxy) is 1. The van der Waals surface area contributed by atoms with Gasteiger partial charge in [-0.15, -0.1) is 0 Å². The largest absolute Gasteiger partial charge is 0.494 e. The van der Waals surface area contributed by atoms with Crippen molar-refractivity contribution in [2.45, 2.75) is 52.0 Å². The Morgan fingerprint density at radius 3 is 2.66 bits per heavy atom. The number of hydrogen-bond acceptors (Lipinski definition) is 5. The highest BCUT2D eigenvalue weighted by molar-refractivity contribution is 6.04. The van der Waals surface area contributed by atoms with Crippen LogP contribution in [0.15, 0.2) is 78.0 Å². The smallest absolute Gasteiger partial charge is 0.258 e. The van der Waals surface area contributed by atoms with Crippen LogP contribution in [0.4, 0.5) is 5.69 Å². The molecule has 6 rings (SSSR count). The SMILES string of the molecule is CC(C)c1ccc(Cn2cc(C(=O)Nc3c[nH]c(=O)c(-c4cc5cc(OCCCN6CCCCC6)ccc5[nH]4)c3)cn2)cc1. The molecule has 1 saturated heterocycles. The highest BCUT2D eigenvalue weighted by Crippen LogP contribution is 2.27. The first kappa shape index (κ1) is 29.4. The third-order valence-electron chi connectivity index (χ3n) is 8.27. The summed E-state index contributed by atoms with van der Waals surface area (Å²) in [6.07, 6.45) is 9.72. The summed E-state index contributed by atoms with van der Waals surface area (Å²) in [4.78, 5) is 34.4. The predicted molar refractivity (Wildman–Crippen MR) is 175 cm³/mol. The van der Waals surface area contributed by atoms with Crippen molar-refractivity contribution in [3.8, 4) is 17.0 Å². The van der Waals surface area contributed by atoms with Crippen molar-refractivity contribution in [1.82, 2.24) is 24.6 Å². The van der Waals surface area contributed by atoms with Gasteiger partial charge >= 0.3 is 0 Å². The summed E-state index contributed by atoms with van der Waals surface area (Å²) in [7, 11) is 0. The van der Waals surface area contributed by atoms with Gasteiger partial charge in [-0.05, 0) is 79.7 Å². The molecule has 44 heavy (non-hydrogen) atoms. The van der Waals surface area contributed by atoms with Gasteiger partial charge in [0.05, 0.1) is 41.9 Å². The number of nitrogens with zero attached hydrogens (tertiary/aromatic N) is 3. The molecule has 1 aliphatic heterocycles. The number of H-pyrrole nitrogens is 2. The number of pyridine rings is 1. The summed E-state index contributed by atoms with van der Waals surface area (Å²) in [5.74, 6) is 0.984. The second kappa shape index (κ2) is 13.3. The Labute approximate surface area is 257 Å². The lowest BCUT2D eigenvalue weighted by Gasteiger charge is -2.26. The first-order valence-electron chi connectivity index (χ1n) is 15.5. The summed E-state index contributed by atoms with van der Waals surface area (Å²) >= 11 is 0. The van der Waals surface area contributed by atoms with Crippen LogP contribution in [0, 0.1) is 0 Å². The normalized spacial score (nSPS) is 13.9. The highest BCUT2D eigenvalue weighted by atomic mass is 16.5. The maximum Gasteiger partial charge on any atom is 0.258 e. The Morgan fingerprint density at radius 1 is 1.05 bits per heavy atom. The zero-order valence-electron chi connectivity index (χ0n) is 25.4. The number of rotatable bonds is 11. The van der Waals surface area contributed by atoms with E-state index in [0.717, 1.165) is 35.2 Å². The van der Waals surface area contributed by atoms with Crippen molar-refractivity contribution < 1.29 is 9.53 Å². The van der Waals surface area contributed by atoms with E-state index in [1.165, 1.54) is 44.1 Å². The topological polar surface area (TPSA) is 108 Å². The molecule has 0 bridgehead atoms. The Balaban J connectivity index is 1.09. The van der Waals surface area contributed by atoms with Crippen LogP contribution in [0.1, 0.15) is 66.9 Å². The number of aromatic amines is 2. The third kappa shape index (κ3) is 7.11. The molecule has 0 saturated carbocycles. The van der Waals surface area contributed by atoms with Crippen LogP contribution in [-0.2, 0) is 6.54 Å². The second-order valence-electron chi connectivity index (χ2n) is 11.9. The summed E-state index contributed by atoms with van der Waals surface area (Å²) in [6.45, 7) is 9.04. The molecular weight excluding hydrogens is 552 g/mol. The number of carbonyl (C=O) groups is 1. The Morgan fingerprint density at radius 2 is 1.86 bits per heavy atom. The maximum absolute atomic E-state index is 13.0. The van der Waals surface area contributed by atoms with Crippen LogP contribution in [-0.4, -0.2) is 56.8 Å². The Bertz CT molecular complexity index is 1780. The van der Waals surface area contributed by atoms with Crippen molar-refractivity contribution in [1.29, 1.82) is 0 Å². The van der Waals surface area contributed by atoms with Gasteiger partial charge in [-0.2, -0.15) is 5.10 Å². The molecule has 3 aromatic heterocycles. The van der Waals surface area contributed by atoms with Crippen LogP contribution in [0.2, 0.25) is 0 Å². The summed E-state index contributed by atoms with van der Waals surface area (Å²) < 4.78 is 7.78. The molecule has 1 aliphatic rings. The molecule has 0 unspecified atom stereocenters. The lowest BCUT2D eigenvalue weighted by atomic mass is 10.0. The third-order valence-corrected chi connectivity index (χ3v) is 8.27. The van der Waals surface area contributed by atoms with E-state index in [9.17, 15) is 9.59 Å². The molecular formula is C35H40N6O3. The average Bonchev–Trinajstić information content (AvgIpc) is 3.68. The van der Waals surface area contributed by atoms with E-state index in [1.54, 1.807) is 23.1 Å². The Kier molecular flexibility index (Phi) is 8.93. The molecule has 3 N–H and O–H groups in total. The lowest BCUT2D eigenvalue weighted by Crippen LogP contribution is -2.31. The van der Waals surface area contributed by atoms with Gasteiger partial charge in [0.2, 0.25) is 0 Å². The number of anilines is 1. The van der Waals surface area contributed by atoms with Crippen LogP contribution >= 0.6 is 0 Å². The predicted octanol–water partition coefficient (Wildman–Crippen LogP) is 6.40. The Hall–Kier alpha value is -4.63. The quantitative estimate of drug-likeness (QED) is 0.154. The first-order chi connectivity index (χ1) is 21.4. The zero-order chi connectivity index (χ0) is 30.5. The molecule has 0 atom stereocenters. The van der Waals surface area contributed by atoms with Gasteiger partial charge in [0.1, 0.15) is 5.75 Å². The molecule has 0 spiro atoms. The number of benzene rings is 2. The van der Waals surface area contributed by atoms with Gasteiger partial charge in [-0.25, -0.2) is 0 Å². The minimum Gasteiger partial charge on any atom is -0.494 e. The van der Waals surface area contributed by atoms with E-state index in [-0.39, 0.29) is 11.5 Å². The van der Waals surface area contributed by atoms with Crippen LogP contribution in [0.25, 0.3) is 22.2 Å². The van der Waals surface area contributed by atoms with Gasteiger partial charge < -0.3 is 24.9 Å². The summed E-state index contributed by atoms with van der Waals surface area (Å²) in [6, 6.07) is 18.0. The minimum absolute atomic E-state index is 0.250. The lowest BCUT2D eigenvalue weighted by molar-refractivity contribution is 0.102. The van der Waals surface area contributed by atoms with E-state index in [4.69, 9.17) is 4.74 Å². The molecule has 9 nitrogen and oxygen atoms in total. The van der Waals surface area contributed by atoms with Crippen LogP contribution < -0.4 is 15.6 Å². The molecule has 0 aliphatic carbocycles. The van der Waals surface area contributed by atoms with Crippen LogP contribution in [0.3, 0.4) is 0 Å². The fraction of sp³-hybridized carbons (Fsp3) is 0.343. The standard InChI is InChI=1S/C35H40N6O3/c1-24(2)26-9-7-25(8-10-26)22-41-23-28(20-37-41)34(42)38-29-19-31(35(43)36-21-29)33-18-27-17-30(11-12-32(27)39-33)44-16-6-15-40-13-4-3-5-14-40/h7-12,17-21,23-24,39H,3-6,13-16,22H2,1-2H3,(H,36,43)(H,38,42). The number of hydrogen-bond donors (Lipinski definition) is 3. The van der Waals surface area contributed by atoms with Crippen molar-refractivity contribution >= 4 is 22.5 Å². The minimum atomic E-state index is -0.303. The number of fused-ring (bicyclic) bond motifs is 1. The van der Waals surface area contributed by atoms with E-state index < -0.39 is 0 Å². The van der Waals surface area contributed by atoms with Gasteiger partial charge in [0.15, 0.2) is 0 Å². The van der Waals surface area contributed by atoms with Crippen LogP contribution in [0.5, 0.6) is 5.75 Å². The number of carbonyl (C=O) groups excluding carboxylic acids is 1. The molecule has 2 aromatic carbocycles. The number of aromatic nitrogens is 4. The van der Waals surface area contributed by atoms with Crippen molar-refractivity contribution in [2.24, 2.45) is 0 Å². The number of piperidine rings is 1. The van der Waals surface area contributed by atoms with Gasteiger partial charge in [-0.3, -0.25) is 14.3 Å². The summed E-state index contributed by atoms with van der Waals surface area (Å²) in [5, 5.41) is 8.21. The molecule has 1 fully saturated rings. The number of likely N-dealkylation sites (tertiary alicyclic amines) is 1. The maximum atomic E-state index is 13.0. The van der Waals surface area contributed by atoms with Gasteiger partial charge in [0, 0.05) is 29.8 Å². The first-order valence-corrected chi connectivity index (χ1v) is 15.5. The monoisotopic (exact) mass is 592 g/mol. The molecule has 9 heteroatoms. The molecule has 1 amide bonds. The molecule has 4 heterocycles. The molecule has 228 valence electrons. The molecule has 0 radical (unpaired) electrons. The van der Waals surface area contributed by atoms with E-state index in [2.05, 4.69) is 63.4 Å². The second-order valence-corrected chi connectivity index (χ2v) is 11.9. The highest BCUT2D eigenvalue weighted by Gasteiger charge is 2.14. The van der Waals surface area contributed by atoms with Gasteiger partial charge in [-0.1, -0.05) is 44.5 Å². The van der Waals surface area contributed by atoms with Gasteiger partial charge in [0.25, 0.3) is 11.5 Å². The molecule has 5 aromatic rings. The van der Waals surface area contributed by atoms with Crippen molar-refractivity contribution in [3.05, 3.63) is 100 Å². The zero-order valence-corrected chi connectivity index (χ0v) is 25.4. The van der Waals surface area contributed by atoms with Crippen molar-refractivity contribution in [3.63, 3.8) is 0 Å². The van der Waals surface area contributed by atoms with E-state index in [1.807, 2.05) is 24.3 Å². The fourth-order valence-corrected chi connectivity index (χ4v) is 5.73. The number of amides is 1.